The van der Waals surface area contributed by atoms with Gasteiger partial charge in [-0.05, 0) is 41.7 Å². The lowest BCUT2D eigenvalue weighted by atomic mass is 9.69. The summed E-state index contributed by atoms with van der Waals surface area (Å²) in [7, 11) is 4.56. The molecule has 0 amide bonds. The summed E-state index contributed by atoms with van der Waals surface area (Å²) in [5.74, 6) is 0.697. The summed E-state index contributed by atoms with van der Waals surface area (Å²) in [6, 6.07) is 15.0. The van der Waals surface area contributed by atoms with Crippen molar-refractivity contribution in [2.24, 2.45) is 5.41 Å². The minimum atomic E-state index is -0.664. The fourth-order valence-electron chi connectivity index (χ4n) is 5.42. The predicted molar refractivity (Wildman–Crippen MR) is 153 cm³/mol. The van der Waals surface area contributed by atoms with Crippen molar-refractivity contribution in [1.29, 1.82) is 5.26 Å². The highest BCUT2D eigenvalue weighted by atomic mass is 32.2. The van der Waals surface area contributed by atoms with Crippen molar-refractivity contribution >= 4 is 34.3 Å². The molecule has 2 heterocycles. The van der Waals surface area contributed by atoms with E-state index in [1.807, 2.05) is 38.1 Å². The highest BCUT2D eigenvalue weighted by Crippen LogP contribution is 2.50. The number of fused-ring (bicyclic) bond motifs is 1. The summed E-state index contributed by atoms with van der Waals surface area (Å²) >= 11 is 1.23. The molecule has 0 saturated heterocycles. The van der Waals surface area contributed by atoms with Crippen molar-refractivity contribution in [3.8, 4) is 23.3 Å². The first-order valence-corrected chi connectivity index (χ1v) is 13.8. The largest absolute Gasteiger partial charge is 0.493 e. The fourth-order valence-corrected chi connectivity index (χ4v) is 6.35. The molecule has 206 valence electrons. The van der Waals surface area contributed by atoms with Gasteiger partial charge in [0.1, 0.15) is 5.58 Å². The summed E-state index contributed by atoms with van der Waals surface area (Å²) in [4.78, 5) is 26.7. The average molecular weight is 559 g/mol. The number of ether oxygens (including phenoxy) is 3. The number of carbonyl (C=O) groups is 2. The maximum absolute atomic E-state index is 13.6. The number of furan rings is 1. The van der Waals surface area contributed by atoms with Crippen LogP contribution in [0.15, 0.2) is 68.8 Å². The van der Waals surface area contributed by atoms with Crippen molar-refractivity contribution in [3.63, 3.8) is 0 Å². The molecule has 9 heteroatoms. The van der Waals surface area contributed by atoms with Gasteiger partial charge in [0, 0.05) is 23.1 Å². The Hall–Kier alpha value is -4.16. The molecule has 1 unspecified atom stereocenters. The topological polar surface area (TPSA) is 111 Å². The van der Waals surface area contributed by atoms with E-state index in [1.165, 1.54) is 33.1 Å². The lowest BCUT2D eigenvalue weighted by Gasteiger charge is -2.39. The number of allylic oxidation sites excluding steroid dienone is 3. The summed E-state index contributed by atoms with van der Waals surface area (Å²) in [6.07, 6.45) is 0.982. The SMILES string of the molecule is COc1cc(C2C(C#N)=C(SCC(=O)c3cc4ccccc4o3)NC3=C2C(=O)CC(C)(C)C3)cc(OC)c1OC. The Kier molecular flexibility index (Phi) is 7.39. The number of methoxy groups -OCH3 is 3. The molecule has 1 aromatic heterocycles. The van der Waals surface area contributed by atoms with Crippen LogP contribution < -0.4 is 19.5 Å². The lowest BCUT2D eigenvalue weighted by Crippen LogP contribution is -2.37. The van der Waals surface area contributed by atoms with E-state index in [0.29, 0.717) is 57.4 Å². The number of benzene rings is 2. The molecule has 8 nitrogen and oxygen atoms in total. The number of ketones is 2. The third-order valence-electron chi connectivity index (χ3n) is 7.20. The molecule has 2 aliphatic rings. The third-order valence-corrected chi connectivity index (χ3v) is 8.21. The number of para-hydroxylation sites is 1. The Morgan fingerprint density at radius 3 is 2.42 bits per heavy atom. The standard InChI is InChI=1S/C31H30N2O6S/c1-31(2)13-20-28(21(34)14-31)27(18-11-25(36-3)29(38-5)26(12-18)37-4)19(15-32)30(33-20)40-16-22(35)24-10-17-8-6-7-9-23(17)39-24/h6-12,27,33H,13-14,16H2,1-5H3. The summed E-state index contributed by atoms with van der Waals surface area (Å²) in [5.41, 5.74) is 2.71. The van der Waals surface area contributed by atoms with Gasteiger partial charge in [0.15, 0.2) is 23.0 Å². The van der Waals surface area contributed by atoms with E-state index in [4.69, 9.17) is 18.6 Å². The molecule has 0 fully saturated rings. The van der Waals surface area contributed by atoms with Crippen LogP contribution in [0.25, 0.3) is 11.0 Å². The van der Waals surface area contributed by atoms with Crippen LogP contribution in [0.3, 0.4) is 0 Å². The van der Waals surface area contributed by atoms with E-state index < -0.39 is 5.92 Å². The number of rotatable bonds is 8. The van der Waals surface area contributed by atoms with Crippen LogP contribution >= 0.6 is 11.8 Å². The Balaban J connectivity index is 1.57. The van der Waals surface area contributed by atoms with Gasteiger partial charge in [-0.25, -0.2) is 0 Å². The molecular weight excluding hydrogens is 528 g/mol. The Bertz CT molecular complexity index is 1570. The number of hydrogen-bond acceptors (Lipinski definition) is 9. The van der Waals surface area contributed by atoms with Gasteiger partial charge in [0.2, 0.25) is 11.5 Å². The smallest absolute Gasteiger partial charge is 0.208 e. The van der Waals surface area contributed by atoms with Crippen molar-refractivity contribution in [3.05, 3.63) is 75.7 Å². The van der Waals surface area contributed by atoms with Crippen LogP contribution in [-0.2, 0) is 4.79 Å². The van der Waals surface area contributed by atoms with Gasteiger partial charge in [0.25, 0.3) is 0 Å². The highest BCUT2D eigenvalue weighted by molar-refractivity contribution is 8.03. The number of nitriles is 1. The maximum Gasteiger partial charge on any atom is 0.208 e. The number of dihydropyridines is 1. The van der Waals surface area contributed by atoms with Gasteiger partial charge < -0.3 is 23.9 Å². The van der Waals surface area contributed by atoms with E-state index >= 15 is 0 Å². The minimum Gasteiger partial charge on any atom is -0.493 e. The van der Waals surface area contributed by atoms with Crippen molar-refractivity contribution in [1.82, 2.24) is 5.32 Å². The van der Waals surface area contributed by atoms with E-state index in [0.717, 1.165) is 11.1 Å². The number of nitrogens with zero attached hydrogens (tertiary/aromatic N) is 1. The molecular formula is C31H30N2O6S. The lowest BCUT2D eigenvalue weighted by molar-refractivity contribution is -0.118. The molecule has 1 aliphatic carbocycles. The van der Waals surface area contributed by atoms with E-state index in [1.54, 1.807) is 18.2 Å². The second kappa shape index (κ2) is 10.8. The van der Waals surface area contributed by atoms with Crippen LogP contribution in [-0.4, -0.2) is 38.6 Å². The second-order valence-electron chi connectivity index (χ2n) is 10.6. The normalized spacial score (nSPS) is 18.2. The molecule has 1 atom stereocenters. The van der Waals surface area contributed by atoms with Crippen molar-refractivity contribution < 1.29 is 28.2 Å². The highest BCUT2D eigenvalue weighted by Gasteiger charge is 2.42. The summed E-state index contributed by atoms with van der Waals surface area (Å²) < 4.78 is 22.4. The maximum atomic E-state index is 13.6. The Labute approximate surface area is 237 Å². The number of nitrogens with one attached hydrogen (secondary N) is 1. The van der Waals surface area contributed by atoms with Gasteiger partial charge in [-0.3, -0.25) is 9.59 Å². The first kappa shape index (κ1) is 27.4. The van der Waals surface area contributed by atoms with Crippen LogP contribution in [0, 0.1) is 16.7 Å². The molecule has 5 rings (SSSR count). The molecule has 0 radical (unpaired) electrons. The zero-order valence-electron chi connectivity index (χ0n) is 23.0. The average Bonchev–Trinajstić information content (AvgIpc) is 3.38. The molecule has 0 bridgehead atoms. The number of carbonyl (C=O) groups excluding carboxylic acids is 2. The molecule has 0 spiro atoms. The molecule has 2 aromatic carbocycles. The third kappa shape index (κ3) is 4.95. The van der Waals surface area contributed by atoms with Crippen LogP contribution in [0.1, 0.15) is 48.7 Å². The predicted octanol–water partition coefficient (Wildman–Crippen LogP) is 6.14. The van der Waals surface area contributed by atoms with E-state index in [-0.39, 0.29) is 28.5 Å². The second-order valence-corrected chi connectivity index (χ2v) is 11.6. The molecule has 0 saturated carbocycles. The summed E-state index contributed by atoms with van der Waals surface area (Å²) in [5, 5.41) is 15.2. The van der Waals surface area contributed by atoms with Gasteiger partial charge in [-0.2, -0.15) is 5.26 Å². The van der Waals surface area contributed by atoms with Crippen LogP contribution in [0.2, 0.25) is 0 Å². The van der Waals surface area contributed by atoms with Gasteiger partial charge in [-0.1, -0.05) is 43.8 Å². The number of thioether (sulfide) groups is 1. The number of hydrogen-bond donors (Lipinski definition) is 1. The zero-order valence-corrected chi connectivity index (χ0v) is 23.9. The van der Waals surface area contributed by atoms with Gasteiger partial charge in [-0.15, -0.1) is 0 Å². The van der Waals surface area contributed by atoms with Crippen LogP contribution in [0.4, 0.5) is 0 Å². The monoisotopic (exact) mass is 558 g/mol. The van der Waals surface area contributed by atoms with Crippen molar-refractivity contribution in [2.45, 2.75) is 32.6 Å². The van der Waals surface area contributed by atoms with Crippen molar-refractivity contribution in [2.75, 3.05) is 27.1 Å². The quantitative estimate of drug-likeness (QED) is 0.326. The zero-order chi connectivity index (χ0) is 28.6. The molecule has 1 N–H and O–H groups in total. The minimum absolute atomic E-state index is 0.0207. The molecule has 1 aliphatic heterocycles. The van der Waals surface area contributed by atoms with Gasteiger partial charge >= 0.3 is 0 Å². The Morgan fingerprint density at radius 2 is 1.80 bits per heavy atom. The van der Waals surface area contributed by atoms with Gasteiger partial charge in [0.05, 0.1) is 49.7 Å². The summed E-state index contributed by atoms with van der Waals surface area (Å²) in [6.45, 7) is 4.10. The molecule has 3 aromatic rings. The molecule has 40 heavy (non-hydrogen) atoms. The van der Waals surface area contributed by atoms with E-state index in [2.05, 4.69) is 11.4 Å². The van der Waals surface area contributed by atoms with E-state index in [9.17, 15) is 14.9 Å². The van der Waals surface area contributed by atoms with Crippen LogP contribution in [0.5, 0.6) is 17.2 Å². The fraction of sp³-hybridized carbons (Fsp3) is 0.323. The Morgan fingerprint density at radius 1 is 1.10 bits per heavy atom. The first-order valence-electron chi connectivity index (χ1n) is 12.8. The number of Topliss-reactive ketones (excluding diaryl/α,β-unsaturated/α-hetero) is 2. The first-order chi connectivity index (χ1) is 19.2.